The van der Waals surface area contributed by atoms with Crippen molar-refractivity contribution in [3.8, 4) is 0 Å². The van der Waals surface area contributed by atoms with Gasteiger partial charge in [0.2, 0.25) is 5.91 Å². The summed E-state index contributed by atoms with van der Waals surface area (Å²) < 4.78 is 5.16. The molecule has 0 bridgehead atoms. The summed E-state index contributed by atoms with van der Waals surface area (Å²) in [5.41, 5.74) is 0. The van der Waals surface area contributed by atoms with Gasteiger partial charge >= 0.3 is 5.97 Å². The molecule has 0 rings (SSSR count). The van der Waals surface area contributed by atoms with Crippen LogP contribution in [0.25, 0.3) is 0 Å². The summed E-state index contributed by atoms with van der Waals surface area (Å²) in [6.45, 7) is 6.23. The van der Waals surface area contributed by atoms with Gasteiger partial charge in [0.25, 0.3) is 0 Å². The monoisotopic (exact) mass is 400 g/mol. The highest BCUT2D eigenvalue weighted by molar-refractivity contribution is 5.78. The van der Waals surface area contributed by atoms with Gasteiger partial charge < -0.3 is 15.2 Å². The molecule has 6 heteroatoms. The summed E-state index contributed by atoms with van der Waals surface area (Å²) in [4.78, 5) is 25.3. The van der Waals surface area contributed by atoms with Gasteiger partial charge in [-0.3, -0.25) is 14.5 Å². The number of nitrogens with zero attached hydrogens (tertiary/aromatic N) is 1. The number of unbranched alkanes of at least 4 members (excludes halogenated alkanes) is 10. The van der Waals surface area contributed by atoms with Gasteiger partial charge in [-0.1, -0.05) is 78.1 Å². The number of nitrogens with one attached hydrogen (secondary N) is 1. The number of esters is 1. The zero-order chi connectivity index (χ0) is 20.9. The Morgan fingerprint density at radius 1 is 0.893 bits per heavy atom. The predicted octanol–water partition coefficient (Wildman–Crippen LogP) is 3.66. The minimum atomic E-state index is -0.180. The number of aliphatic hydroxyl groups excluding tert-OH is 1. The molecule has 0 aliphatic heterocycles. The van der Waals surface area contributed by atoms with Crippen LogP contribution in [0.4, 0.5) is 0 Å². The van der Waals surface area contributed by atoms with E-state index in [2.05, 4.69) is 12.2 Å². The molecule has 0 aliphatic rings. The molecule has 1 amide bonds. The standard InChI is InChI=1S/C22H44N2O4/c1-3-5-6-7-8-9-10-11-12-13-14-15-22(27)28-19-16-23-21(26)20-24(4-2)17-18-25/h25H,3-20H2,1-2H3,(H,23,26). The maximum absolute atomic E-state index is 11.7. The van der Waals surface area contributed by atoms with Crippen LogP contribution in [0.5, 0.6) is 0 Å². The molecule has 0 saturated carbocycles. The largest absolute Gasteiger partial charge is 0.464 e. The van der Waals surface area contributed by atoms with E-state index in [9.17, 15) is 9.59 Å². The van der Waals surface area contributed by atoms with E-state index in [-0.39, 0.29) is 31.6 Å². The molecule has 0 fully saturated rings. The van der Waals surface area contributed by atoms with Gasteiger partial charge in [-0.2, -0.15) is 0 Å². The highest BCUT2D eigenvalue weighted by atomic mass is 16.5. The first-order chi connectivity index (χ1) is 13.6. The Hall–Kier alpha value is -1.14. The van der Waals surface area contributed by atoms with Crippen LogP contribution in [0.1, 0.15) is 90.9 Å². The van der Waals surface area contributed by atoms with Gasteiger partial charge in [0.05, 0.1) is 19.7 Å². The molecule has 0 unspecified atom stereocenters. The quantitative estimate of drug-likeness (QED) is 0.241. The van der Waals surface area contributed by atoms with Crippen molar-refractivity contribution < 1.29 is 19.4 Å². The number of likely N-dealkylation sites (N-methyl/N-ethyl adjacent to an activating group) is 1. The van der Waals surface area contributed by atoms with Crippen molar-refractivity contribution in [2.24, 2.45) is 0 Å². The second-order valence-corrected chi connectivity index (χ2v) is 7.45. The maximum atomic E-state index is 11.7. The summed E-state index contributed by atoms with van der Waals surface area (Å²) in [7, 11) is 0. The van der Waals surface area contributed by atoms with Crippen LogP contribution in [0.2, 0.25) is 0 Å². The fourth-order valence-electron chi connectivity index (χ4n) is 3.11. The normalized spacial score (nSPS) is 11.0. The molecule has 0 spiro atoms. The van der Waals surface area contributed by atoms with Crippen LogP contribution < -0.4 is 5.32 Å². The number of amides is 1. The van der Waals surface area contributed by atoms with Crippen molar-refractivity contribution in [1.29, 1.82) is 0 Å². The van der Waals surface area contributed by atoms with Gasteiger partial charge in [0.1, 0.15) is 6.61 Å². The van der Waals surface area contributed by atoms with Crippen LogP contribution in [0.15, 0.2) is 0 Å². The van der Waals surface area contributed by atoms with E-state index in [0.29, 0.717) is 26.1 Å². The van der Waals surface area contributed by atoms with Crippen molar-refractivity contribution in [2.75, 3.05) is 39.4 Å². The Labute approximate surface area is 172 Å². The Morgan fingerprint density at radius 2 is 1.46 bits per heavy atom. The molecule has 0 heterocycles. The number of hydrogen-bond acceptors (Lipinski definition) is 5. The van der Waals surface area contributed by atoms with Crippen molar-refractivity contribution in [3.63, 3.8) is 0 Å². The Bertz CT molecular complexity index is 378. The van der Waals surface area contributed by atoms with Crippen molar-refractivity contribution in [1.82, 2.24) is 10.2 Å². The summed E-state index contributed by atoms with van der Waals surface area (Å²) in [5, 5.41) is 11.6. The topological polar surface area (TPSA) is 78.9 Å². The lowest BCUT2D eigenvalue weighted by molar-refractivity contribution is -0.144. The minimum absolute atomic E-state index is 0.0395. The Kier molecular flexibility index (Phi) is 19.8. The molecule has 0 aromatic carbocycles. The molecular formula is C22H44N2O4. The average molecular weight is 401 g/mol. The molecule has 28 heavy (non-hydrogen) atoms. The fourth-order valence-corrected chi connectivity index (χ4v) is 3.11. The zero-order valence-electron chi connectivity index (χ0n) is 18.3. The van der Waals surface area contributed by atoms with Crippen LogP contribution in [-0.2, 0) is 14.3 Å². The van der Waals surface area contributed by atoms with E-state index >= 15 is 0 Å². The molecule has 0 aliphatic carbocycles. The number of ether oxygens (including phenoxy) is 1. The molecule has 0 atom stereocenters. The van der Waals surface area contributed by atoms with Crippen molar-refractivity contribution in [3.05, 3.63) is 0 Å². The first-order valence-electron chi connectivity index (χ1n) is 11.4. The molecule has 0 aromatic heterocycles. The van der Waals surface area contributed by atoms with Gasteiger partial charge in [0.15, 0.2) is 0 Å². The number of aliphatic hydroxyl groups is 1. The van der Waals surface area contributed by atoms with E-state index in [1.54, 1.807) is 0 Å². The third-order valence-corrected chi connectivity index (χ3v) is 4.90. The van der Waals surface area contributed by atoms with Crippen LogP contribution >= 0.6 is 0 Å². The van der Waals surface area contributed by atoms with E-state index in [4.69, 9.17) is 9.84 Å². The minimum Gasteiger partial charge on any atom is -0.464 e. The lowest BCUT2D eigenvalue weighted by Gasteiger charge is -2.18. The van der Waals surface area contributed by atoms with E-state index in [1.165, 1.54) is 57.8 Å². The molecule has 0 saturated heterocycles. The third kappa shape index (κ3) is 18.2. The highest BCUT2D eigenvalue weighted by Gasteiger charge is 2.08. The first kappa shape index (κ1) is 26.9. The van der Waals surface area contributed by atoms with Crippen LogP contribution in [0, 0.1) is 0 Å². The lowest BCUT2D eigenvalue weighted by Crippen LogP contribution is -2.39. The highest BCUT2D eigenvalue weighted by Crippen LogP contribution is 2.12. The second kappa shape index (κ2) is 20.6. The first-order valence-corrected chi connectivity index (χ1v) is 11.4. The predicted molar refractivity (Wildman–Crippen MR) is 114 cm³/mol. The van der Waals surface area contributed by atoms with E-state index < -0.39 is 0 Å². The summed E-state index contributed by atoms with van der Waals surface area (Å²) in [6.07, 6.45) is 14.3. The third-order valence-electron chi connectivity index (χ3n) is 4.90. The zero-order valence-corrected chi connectivity index (χ0v) is 18.3. The molecule has 0 aromatic rings. The van der Waals surface area contributed by atoms with Gasteiger partial charge in [-0.05, 0) is 13.0 Å². The van der Waals surface area contributed by atoms with E-state index in [1.807, 2.05) is 11.8 Å². The number of hydrogen-bond donors (Lipinski definition) is 2. The molecule has 2 N–H and O–H groups in total. The molecule has 166 valence electrons. The molecular weight excluding hydrogens is 356 g/mol. The number of rotatable bonds is 20. The van der Waals surface area contributed by atoms with Crippen molar-refractivity contribution >= 4 is 11.9 Å². The fraction of sp³-hybridized carbons (Fsp3) is 0.909. The number of carbonyl (C=O) groups excluding carboxylic acids is 2. The second-order valence-electron chi connectivity index (χ2n) is 7.45. The maximum Gasteiger partial charge on any atom is 0.305 e. The van der Waals surface area contributed by atoms with Crippen LogP contribution in [0.3, 0.4) is 0 Å². The van der Waals surface area contributed by atoms with E-state index in [0.717, 1.165) is 12.8 Å². The smallest absolute Gasteiger partial charge is 0.305 e. The SMILES string of the molecule is CCCCCCCCCCCCCC(=O)OCCNC(=O)CN(CC)CCO. The van der Waals surface area contributed by atoms with Gasteiger partial charge in [-0.25, -0.2) is 0 Å². The summed E-state index contributed by atoms with van der Waals surface area (Å²) in [5.74, 6) is -0.294. The summed E-state index contributed by atoms with van der Waals surface area (Å²) >= 11 is 0. The Balaban J connectivity index is 3.41. The lowest BCUT2D eigenvalue weighted by atomic mass is 10.1. The molecule has 6 nitrogen and oxygen atoms in total. The van der Waals surface area contributed by atoms with Gasteiger partial charge in [0, 0.05) is 13.0 Å². The average Bonchev–Trinajstić information content (AvgIpc) is 2.69. The van der Waals surface area contributed by atoms with Crippen LogP contribution in [-0.4, -0.2) is 61.3 Å². The van der Waals surface area contributed by atoms with Crippen molar-refractivity contribution in [2.45, 2.75) is 90.9 Å². The van der Waals surface area contributed by atoms with Gasteiger partial charge in [-0.15, -0.1) is 0 Å². The summed E-state index contributed by atoms with van der Waals surface area (Å²) in [6, 6.07) is 0. The number of carbonyl (C=O) groups is 2. The Morgan fingerprint density at radius 3 is 2.00 bits per heavy atom. The molecule has 0 radical (unpaired) electrons.